The lowest BCUT2D eigenvalue weighted by Gasteiger charge is -2.13. The Hall–Kier alpha value is -3.27. The zero-order valence-corrected chi connectivity index (χ0v) is 15.4. The first-order chi connectivity index (χ1) is 13.1. The van der Waals surface area contributed by atoms with Crippen LogP contribution in [0, 0.1) is 6.92 Å². The molecular formula is C23H22O4. The summed E-state index contributed by atoms with van der Waals surface area (Å²) in [6.45, 7) is 4.76. The zero-order valence-electron chi connectivity index (χ0n) is 15.4. The van der Waals surface area contributed by atoms with Crippen LogP contribution in [0.4, 0.5) is 0 Å². The molecule has 27 heavy (non-hydrogen) atoms. The van der Waals surface area contributed by atoms with Crippen molar-refractivity contribution in [2.45, 2.75) is 20.3 Å². The van der Waals surface area contributed by atoms with Crippen molar-refractivity contribution in [3.05, 3.63) is 77.9 Å². The molecular weight excluding hydrogens is 340 g/mol. The van der Waals surface area contributed by atoms with E-state index in [1.54, 1.807) is 30.3 Å². The van der Waals surface area contributed by atoms with Crippen molar-refractivity contribution in [2.24, 2.45) is 0 Å². The molecule has 0 heterocycles. The molecule has 0 bridgehead atoms. The van der Waals surface area contributed by atoms with Gasteiger partial charge in [0.15, 0.2) is 0 Å². The van der Waals surface area contributed by atoms with Gasteiger partial charge in [-0.3, -0.25) is 0 Å². The molecule has 0 radical (unpaired) electrons. The number of carboxylic acids is 1. The van der Waals surface area contributed by atoms with Crippen molar-refractivity contribution in [3.8, 4) is 28.4 Å². The van der Waals surface area contributed by atoms with Gasteiger partial charge in [0, 0.05) is 0 Å². The predicted molar refractivity (Wildman–Crippen MR) is 106 cm³/mol. The van der Waals surface area contributed by atoms with Crippen LogP contribution >= 0.6 is 0 Å². The molecule has 1 N–H and O–H groups in total. The van der Waals surface area contributed by atoms with Crippen LogP contribution in [0.1, 0.15) is 29.3 Å². The number of carbonyl (C=O) groups is 1. The van der Waals surface area contributed by atoms with Crippen LogP contribution in [0.15, 0.2) is 66.7 Å². The molecule has 3 aromatic rings. The highest BCUT2D eigenvalue weighted by Gasteiger charge is 2.15. The van der Waals surface area contributed by atoms with Gasteiger partial charge < -0.3 is 14.6 Å². The number of carboxylic acid groups (broad SMARTS) is 1. The molecule has 0 amide bonds. The van der Waals surface area contributed by atoms with E-state index in [1.165, 1.54) is 0 Å². The highest BCUT2D eigenvalue weighted by Crippen LogP contribution is 2.33. The third kappa shape index (κ3) is 4.47. The molecule has 3 aromatic carbocycles. The normalized spacial score (nSPS) is 10.4. The lowest BCUT2D eigenvalue weighted by Crippen LogP contribution is -2.00. The Balaban J connectivity index is 1.97. The van der Waals surface area contributed by atoms with Crippen molar-refractivity contribution in [2.75, 3.05) is 6.61 Å². The molecule has 0 saturated carbocycles. The maximum absolute atomic E-state index is 11.6. The Morgan fingerprint density at radius 2 is 1.74 bits per heavy atom. The molecule has 138 valence electrons. The van der Waals surface area contributed by atoms with Gasteiger partial charge in [-0.1, -0.05) is 37.3 Å². The van der Waals surface area contributed by atoms with Crippen molar-refractivity contribution >= 4 is 5.97 Å². The molecule has 0 aliphatic rings. The monoisotopic (exact) mass is 362 g/mol. The number of aromatic carboxylic acids is 1. The van der Waals surface area contributed by atoms with Gasteiger partial charge in [-0.25, -0.2) is 4.79 Å². The Morgan fingerprint density at radius 1 is 0.963 bits per heavy atom. The second-order valence-electron chi connectivity index (χ2n) is 6.26. The summed E-state index contributed by atoms with van der Waals surface area (Å²) in [4.78, 5) is 11.6. The van der Waals surface area contributed by atoms with Crippen LogP contribution < -0.4 is 9.47 Å². The Morgan fingerprint density at radius 3 is 2.41 bits per heavy atom. The van der Waals surface area contributed by atoms with E-state index in [9.17, 15) is 9.90 Å². The lowest BCUT2D eigenvalue weighted by molar-refractivity contribution is 0.0694. The zero-order chi connectivity index (χ0) is 19.2. The van der Waals surface area contributed by atoms with Gasteiger partial charge in [-0.05, 0) is 66.4 Å². The third-order valence-corrected chi connectivity index (χ3v) is 4.16. The molecule has 0 spiro atoms. The number of hydrogen-bond acceptors (Lipinski definition) is 3. The van der Waals surface area contributed by atoms with E-state index >= 15 is 0 Å². The maximum Gasteiger partial charge on any atom is 0.339 e. The predicted octanol–water partition coefficient (Wildman–Crippen LogP) is 5.94. The van der Waals surface area contributed by atoms with Gasteiger partial charge in [-0.15, -0.1) is 0 Å². The summed E-state index contributed by atoms with van der Waals surface area (Å²) in [5.41, 5.74) is 3.08. The Labute approximate surface area is 159 Å². The molecule has 4 heteroatoms. The Kier molecular flexibility index (Phi) is 5.77. The van der Waals surface area contributed by atoms with Gasteiger partial charge in [0.1, 0.15) is 22.8 Å². The first-order valence-corrected chi connectivity index (χ1v) is 8.92. The van der Waals surface area contributed by atoms with Crippen LogP contribution in [-0.2, 0) is 0 Å². The Bertz CT molecular complexity index is 932. The minimum absolute atomic E-state index is 0.128. The maximum atomic E-state index is 11.6. The summed E-state index contributed by atoms with van der Waals surface area (Å²) in [6.07, 6.45) is 0.956. The second-order valence-corrected chi connectivity index (χ2v) is 6.26. The van der Waals surface area contributed by atoms with E-state index in [4.69, 9.17) is 9.47 Å². The van der Waals surface area contributed by atoms with E-state index < -0.39 is 5.97 Å². The third-order valence-electron chi connectivity index (χ3n) is 4.16. The van der Waals surface area contributed by atoms with Crippen LogP contribution in [0.25, 0.3) is 11.1 Å². The molecule has 0 saturated heterocycles. The summed E-state index contributed by atoms with van der Waals surface area (Å²) >= 11 is 0. The number of hydrogen-bond donors (Lipinski definition) is 1. The topological polar surface area (TPSA) is 55.8 Å². The van der Waals surface area contributed by atoms with Gasteiger partial charge in [0.05, 0.1) is 6.61 Å². The molecule has 0 fully saturated rings. The summed E-state index contributed by atoms with van der Waals surface area (Å²) in [5, 5.41) is 9.48. The van der Waals surface area contributed by atoms with Gasteiger partial charge in [0.2, 0.25) is 0 Å². The van der Waals surface area contributed by atoms with E-state index in [-0.39, 0.29) is 5.56 Å². The lowest BCUT2D eigenvalue weighted by atomic mass is 9.98. The molecule has 0 aliphatic heterocycles. The van der Waals surface area contributed by atoms with Crippen molar-refractivity contribution in [1.29, 1.82) is 0 Å². The number of para-hydroxylation sites is 1. The van der Waals surface area contributed by atoms with E-state index in [1.807, 2.05) is 43.3 Å². The summed E-state index contributed by atoms with van der Waals surface area (Å²) in [7, 11) is 0. The second kappa shape index (κ2) is 8.41. The first-order valence-electron chi connectivity index (χ1n) is 8.92. The smallest absolute Gasteiger partial charge is 0.339 e. The van der Waals surface area contributed by atoms with E-state index in [2.05, 4.69) is 6.92 Å². The SMILES string of the molecule is CCCOc1ccc(-c2ccc(C(=O)O)c(Oc3ccccc3)c2)c(C)c1. The van der Waals surface area contributed by atoms with Crippen LogP contribution in [-0.4, -0.2) is 17.7 Å². The molecule has 3 rings (SSSR count). The highest BCUT2D eigenvalue weighted by atomic mass is 16.5. The fourth-order valence-corrected chi connectivity index (χ4v) is 2.84. The number of rotatable bonds is 7. The number of ether oxygens (including phenoxy) is 2. The van der Waals surface area contributed by atoms with Crippen LogP contribution in [0.3, 0.4) is 0 Å². The summed E-state index contributed by atoms with van der Waals surface area (Å²) in [6, 6.07) is 20.2. The van der Waals surface area contributed by atoms with Crippen molar-refractivity contribution in [1.82, 2.24) is 0 Å². The van der Waals surface area contributed by atoms with E-state index in [0.717, 1.165) is 28.9 Å². The molecule has 0 unspecified atom stereocenters. The molecule has 0 atom stereocenters. The van der Waals surface area contributed by atoms with Crippen molar-refractivity contribution in [3.63, 3.8) is 0 Å². The molecule has 0 aromatic heterocycles. The average molecular weight is 362 g/mol. The van der Waals surface area contributed by atoms with Gasteiger partial charge >= 0.3 is 5.97 Å². The average Bonchev–Trinajstić information content (AvgIpc) is 2.67. The first kappa shape index (κ1) is 18.5. The number of aryl methyl sites for hydroxylation is 1. The standard InChI is InChI=1S/C23H22O4/c1-3-13-26-19-10-12-20(16(2)14-19)17-9-11-21(23(24)25)22(15-17)27-18-7-5-4-6-8-18/h4-12,14-15H,3,13H2,1-2H3,(H,24,25). The van der Waals surface area contributed by atoms with Crippen LogP contribution in [0.2, 0.25) is 0 Å². The molecule has 0 aliphatic carbocycles. The summed E-state index contributed by atoms with van der Waals surface area (Å²) < 4.78 is 11.5. The molecule has 4 nitrogen and oxygen atoms in total. The highest BCUT2D eigenvalue weighted by molar-refractivity contribution is 5.92. The fraction of sp³-hybridized carbons (Fsp3) is 0.174. The largest absolute Gasteiger partial charge is 0.494 e. The fourth-order valence-electron chi connectivity index (χ4n) is 2.84. The minimum atomic E-state index is -1.02. The minimum Gasteiger partial charge on any atom is -0.494 e. The quantitative estimate of drug-likeness (QED) is 0.565. The van der Waals surface area contributed by atoms with Gasteiger partial charge in [-0.2, -0.15) is 0 Å². The van der Waals surface area contributed by atoms with Crippen LogP contribution in [0.5, 0.6) is 17.2 Å². The van der Waals surface area contributed by atoms with Gasteiger partial charge in [0.25, 0.3) is 0 Å². The van der Waals surface area contributed by atoms with Crippen molar-refractivity contribution < 1.29 is 19.4 Å². The number of benzene rings is 3. The van der Waals surface area contributed by atoms with E-state index in [0.29, 0.717) is 18.1 Å². The summed E-state index contributed by atoms with van der Waals surface area (Å²) in [5.74, 6) is 0.725.